The fourth-order valence-electron chi connectivity index (χ4n) is 1.73. The van der Waals surface area contributed by atoms with Crippen LogP contribution < -0.4 is 10.1 Å². The zero-order valence-corrected chi connectivity index (χ0v) is 11.8. The van der Waals surface area contributed by atoms with Crippen LogP contribution in [0.3, 0.4) is 0 Å². The molecule has 1 aromatic carbocycles. The molecule has 0 spiro atoms. The van der Waals surface area contributed by atoms with E-state index < -0.39 is 0 Å². The van der Waals surface area contributed by atoms with Gasteiger partial charge in [0.25, 0.3) is 0 Å². The van der Waals surface area contributed by atoms with Gasteiger partial charge in [-0.3, -0.25) is 0 Å². The number of benzene rings is 1. The molecule has 0 radical (unpaired) electrons. The predicted molar refractivity (Wildman–Crippen MR) is 76.1 cm³/mol. The van der Waals surface area contributed by atoms with Crippen molar-refractivity contribution in [2.24, 2.45) is 0 Å². The Morgan fingerprint density at radius 3 is 2.71 bits per heavy atom. The first-order valence-electron chi connectivity index (χ1n) is 6.32. The van der Waals surface area contributed by atoms with E-state index in [9.17, 15) is 0 Å². The molecule has 1 N–H and O–H groups in total. The molecule has 3 heteroatoms. The second-order valence-electron chi connectivity index (χ2n) is 3.99. The van der Waals surface area contributed by atoms with E-state index in [-0.39, 0.29) is 6.10 Å². The third kappa shape index (κ3) is 5.00. The normalized spacial score (nSPS) is 12.4. The van der Waals surface area contributed by atoms with E-state index in [1.807, 2.05) is 6.07 Å². The third-order valence-electron chi connectivity index (χ3n) is 2.60. The van der Waals surface area contributed by atoms with Gasteiger partial charge in [-0.1, -0.05) is 32.4 Å². The first-order valence-corrected chi connectivity index (χ1v) is 7.54. The second-order valence-corrected chi connectivity index (χ2v) is 4.84. The number of hydrogen-bond acceptors (Lipinski definition) is 3. The predicted octanol–water partition coefficient (Wildman–Crippen LogP) is 3.57. The molecule has 0 aliphatic rings. The third-order valence-corrected chi connectivity index (χ3v) is 3.37. The number of rotatable bonds is 8. The molecule has 0 saturated carbocycles. The average molecular weight is 253 g/mol. The minimum atomic E-state index is 0.272. The van der Waals surface area contributed by atoms with E-state index in [1.165, 1.54) is 4.90 Å². The lowest BCUT2D eigenvalue weighted by molar-refractivity contribution is 0.183. The van der Waals surface area contributed by atoms with Gasteiger partial charge < -0.3 is 10.1 Å². The Balaban J connectivity index is 2.63. The van der Waals surface area contributed by atoms with Crippen molar-refractivity contribution in [3.8, 4) is 5.75 Å². The van der Waals surface area contributed by atoms with Crippen LogP contribution in [0.15, 0.2) is 29.2 Å². The molecule has 1 rings (SSSR count). The maximum Gasteiger partial charge on any atom is 0.133 e. The SMILES string of the molecule is CCCC(CNCC)Oc1ccccc1SC. The first kappa shape index (κ1) is 14.4. The van der Waals surface area contributed by atoms with E-state index in [4.69, 9.17) is 4.74 Å². The van der Waals surface area contributed by atoms with E-state index in [0.29, 0.717) is 0 Å². The quantitative estimate of drug-likeness (QED) is 0.716. The van der Waals surface area contributed by atoms with E-state index in [1.54, 1.807) is 11.8 Å². The van der Waals surface area contributed by atoms with Crippen molar-refractivity contribution in [2.75, 3.05) is 19.3 Å². The summed E-state index contributed by atoms with van der Waals surface area (Å²) in [5.74, 6) is 1.01. The van der Waals surface area contributed by atoms with Crippen LogP contribution in [0.2, 0.25) is 0 Å². The Hall–Kier alpha value is -0.670. The Labute approximate surface area is 109 Å². The van der Waals surface area contributed by atoms with Crippen LogP contribution in [0.25, 0.3) is 0 Å². The maximum absolute atomic E-state index is 6.10. The highest BCUT2D eigenvalue weighted by Gasteiger charge is 2.11. The van der Waals surface area contributed by atoms with Crippen LogP contribution in [0.4, 0.5) is 0 Å². The van der Waals surface area contributed by atoms with Gasteiger partial charge in [0.2, 0.25) is 0 Å². The van der Waals surface area contributed by atoms with E-state index in [2.05, 4.69) is 43.6 Å². The molecule has 0 amide bonds. The van der Waals surface area contributed by atoms with Crippen molar-refractivity contribution in [1.82, 2.24) is 5.32 Å². The Kier molecular flexibility index (Phi) is 7.13. The van der Waals surface area contributed by atoms with Crippen molar-refractivity contribution < 1.29 is 4.74 Å². The highest BCUT2D eigenvalue weighted by Crippen LogP contribution is 2.28. The average Bonchev–Trinajstić information content (AvgIpc) is 2.37. The van der Waals surface area contributed by atoms with Crippen LogP contribution in [0, 0.1) is 0 Å². The maximum atomic E-state index is 6.10. The lowest BCUT2D eigenvalue weighted by Gasteiger charge is -2.20. The molecule has 0 heterocycles. The number of likely N-dealkylation sites (N-methyl/N-ethyl adjacent to an activating group) is 1. The molecular formula is C14H23NOS. The highest BCUT2D eigenvalue weighted by molar-refractivity contribution is 7.98. The number of para-hydroxylation sites is 1. The van der Waals surface area contributed by atoms with Crippen molar-refractivity contribution in [3.05, 3.63) is 24.3 Å². The lowest BCUT2D eigenvalue weighted by atomic mass is 10.2. The molecule has 96 valence electrons. The highest BCUT2D eigenvalue weighted by atomic mass is 32.2. The van der Waals surface area contributed by atoms with Gasteiger partial charge in [-0.2, -0.15) is 0 Å². The van der Waals surface area contributed by atoms with E-state index >= 15 is 0 Å². The number of ether oxygens (including phenoxy) is 1. The summed E-state index contributed by atoms with van der Waals surface area (Å²) >= 11 is 1.73. The summed E-state index contributed by atoms with van der Waals surface area (Å²) in [6.45, 7) is 6.24. The van der Waals surface area contributed by atoms with Gasteiger partial charge in [0, 0.05) is 11.4 Å². The van der Waals surface area contributed by atoms with Gasteiger partial charge in [0.15, 0.2) is 0 Å². The smallest absolute Gasteiger partial charge is 0.133 e. The summed E-state index contributed by atoms with van der Waals surface area (Å²) in [6.07, 6.45) is 4.60. The fraction of sp³-hybridized carbons (Fsp3) is 0.571. The van der Waals surface area contributed by atoms with Crippen molar-refractivity contribution in [3.63, 3.8) is 0 Å². The van der Waals surface area contributed by atoms with Crippen LogP contribution in [-0.4, -0.2) is 25.4 Å². The van der Waals surface area contributed by atoms with E-state index in [0.717, 1.165) is 31.7 Å². The molecule has 1 aromatic rings. The van der Waals surface area contributed by atoms with Gasteiger partial charge in [-0.05, 0) is 31.4 Å². The molecule has 1 atom stereocenters. The molecule has 0 aliphatic carbocycles. The number of nitrogens with one attached hydrogen (secondary N) is 1. The van der Waals surface area contributed by atoms with Gasteiger partial charge in [0.05, 0.1) is 0 Å². The van der Waals surface area contributed by atoms with Crippen LogP contribution in [0.1, 0.15) is 26.7 Å². The monoisotopic (exact) mass is 253 g/mol. The van der Waals surface area contributed by atoms with Crippen LogP contribution >= 0.6 is 11.8 Å². The summed E-state index contributed by atoms with van der Waals surface area (Å²) in [5.41, 5.74) is 0. The zero-order chi connectivity index (χ0) is 12.5. The standard InChI is InChI=1S/C14H23NOS/c1-4-8-12(11-15-5-2)16-13-9-6-7-10-14(13)17-3/h6-7,9-10,12,15H,4-5,8,11H2,1-3H3. The van der Waals surface area contributed by atoms with Gasteiger partial charge in [0.1, 0.15) is 11.9 Å². The largest absolute Gasteiger partial charge is 0.488 e. The second kappa shape index (κ2) is 8.43. The van der Waals surface area contributed by atoms with Crippen molar-refractivity contribution in [2.45, 2.75) is 37.7 Å². The molecule has 1 unspecified atom stereocenters. The molecule has 2 nitrogen and oxygen atoms in total. The minimum Gasteiger partial charge on any atom is -0.488 e. The van der Waals surface area contributed by atoms with Crippen LogP contribution in [-0.2, 0) is 0 Å². The Bertz CT molecular complexity index is 317. The number of thioether (sulfide) groups is 1. The molecule has 0 saturated heterocycles. The molecule has 17 heavy (non-hydrogen) atoms. The Morgan fingerprint density at radius 1 is 1.29 bits per heavy atom. The summed E-state index contributed by atoms with van der Waals surface area (Å²) in [5, 5.41) is 3.36. The van der Waals surface area contributed by atoms with Crippen molar-refractivity contribution >= 4 is 11.8 Å². The molecular weight excluding hydrogens is 230 g/mol. The number of hydrogen-bond donors (Lipinski definition) is 1. The lowest BCUT2D eigenvalue weighted by Crippen LogP contribution is -2.31. The topological polar surface area (TPSA) is 21.3 Å². The van der Waals surface area contributed by atoms with Crippen molar-refractivity contribution in [1.29, 1.82) is 0 Å². The van der Waals surface area contributed by atoms with Gasteiger partial charge in [-0.25, -0.2) is 0 Å². The molecule has 0 aliphatic heterocycles. The first-order chi connectivity index (χ1) is 8.31. The minimum absolute atomic E-state index is 0.272. The van der Waals surface area contributed by atoms with Gasteiger partial charge in [-0.15, -0.1) is 11.8 Å². The summed E-state index contributed by atoms with van der Waals surface area (Å²) in [7, 11) is 0. The fourth-order valence-corrected chi connectivity index (χ4v) is 2.26. The Morgan fingerprint density at radius 2 is 2.06 bits per heavy atom. The van der Waals surface area contributed by atoms with Gasteiger partial charge >= 0.3 is 0 Å². The zero-order valence-electron chi connectivity index (χ0n) is 11.0. The summed E-state index contributed by atoms with van der Waals surface area (Å²) in [4.78, 5) is 1.21. The molecule has 0 fully saturated rings. The summed E-state index contributed by atoms with van der Waals surface area (Å²) < 4.78 is 6.10. The molecule has 0 bridgehead atoms. The molecule has 0 aromatic heterocycles. The van der Waals surface area contributed by atoms with Crippen LogP contribution in [0.5, 0.6) is 5.75 Å². The summed E-state index contributed by atoms with van der Waals surface area (Å²) in [6, 6.07) is 8.25.